The van der Waals surface area contributed by atoms with Gasteiger partial charge in [0.25, 0.3) is 0 Å². The Balaban J connectivity index is 1.20. The van der Waals surface area contributed by atoms with Crippen LogP contribution in [0, 0.1) is 50.4 Å². The molecule has 48 heavy (non-hydrogen) atoms. The first kappa shape index (κ1) is 33.5. The maximum atomic E-state index is 14.3. The minimum Gasteiger partial charge on any atom is -0.166 e. The summed E-state index contributed by atoms with van der Waals surface area (Å²) in [6, 6.07) is 20.5. The van der Waals surface area contributed by atoms with Crippen molar-refractivity contribution in [2.75, 3.05) is 0 Å². The van der Waals surface area contributed by atoms with Crippen LogP contribution in [0.1, 0.15) is 111 Å². The van der Waals surface area contributed by atoms with Crippen molar-refractivity contribution in [2.24, 2.45) is 29.6 Å². The molecule has 0 heterocycles. The third-order valence-electron chi connectivity index (χ3n) is 13.5. The van der Waals surface area contributed by atoms with E-state index in [4.69, 9.17) is 0 Å². The van der Waals surface area contributed by atoms with Gasteiger partial charge in [0.2, 0.25) is 0 Å². The fraction of sp³-hybridized carbons (Fsp3) is 0.581. The van der Waals surface area contributed by atoms with Gasteiger partial charge >= 0.3 is 6.18 Å². The van der Waals surface area contributed by atoms with Crippen molar-refractivity contribution >= 4 is 31.8 Å². The normalized spacial score (nSPS) is 33.0. The molecule has 4 bridgehead atoms. The highest BCUT2D eigenvalue weighted by Gasteiger charge is 2.53. The van der Waals surface area contributed by atoms with E-state index in [-0.39, 0.29) is 7.92 Å². The van der Waals surface area contributed by atoms with Crippen molar-refractivity contribution in [2.45, 2.75) is 127 Å². The number of hydrogen-bond donors (Lipinski definition) is 0. The summed E-state index contributed by atoms with van der Waals surface area (Å²) >= 11 is 0. The number of aryl methyl sites for hydroxylation is 3. The minimum atomic E-state index is -4.37. The molecule has 10 atom stereocenters. The van der Waals surface area contributed by atoms with E-state index in [1.165, 1.54) is 110 Å². The van der Waals surface area contributed by atoms with Crippen LogP contribution in [0.5, 0.6) is 0 Å². The van der Waals surface area contributed by atoms with Gasteiger partial charge in [-0.3, -0.25) is 0 Å². The first-order chi connectivity index (χ1) is 23.0. The molecule has 5 heteroatoms. The van der Waals surface area contributed by atoms with Crippen LogP contribution >= 0.6 is 15.8 Å². The van der Waals surface area contributed by atoms with E-state index in [0.29, 0.717) is 17.4 Å². The van der Waals surface area contributed by atoms with Crippen molar-refractivity contribution in [1.29, 1.82) is 0 Å². The molecule has 256 valence electrons. The molecule has 0 aliphatic heterocycles. The van der Waals surface area contributed by atoms with Gasteiger partial charge in [0.1, 0.15) is 0 Å². The van der Waals surface area contributed by atoms with Crippen molar-refractivity contribution in [3.8, 4) is 0 Å². The van der Waals surface area contributed by atoms with E-state index < -0.39 is 19.7 Å². The van der Waals surface area contributed by atoms with Crippen LogP contribution in [0.4, 0.5) is 13.2 Å². The van der Waals surface area contributed by atoms with Gasteiger partial charge in [0, 0.05) is 0 Å². The van der Waals surface area contributed by atoms with Crippen molar-refractivity contribution < 1.29 is 13.2 Å². The van der Waals surface area contributed by atoms with Crippen molar-refractivity contribution in [3.05, 3.63) is 88.5 Å². The highest BCUT2D eigenvalue weighted by Crippen LogP contribution is 2.71. The molecule has 8 rings (SSSR count). The zero-order valence-corrected chi connectivity index (χ0v) is 31.1. The van der Waals surface area contributed by atoms with E-state index >= 15 is 0 Å². The van der Waals surface area contributed by atoms with Crippen LogP contribution in [0.2, 0.25) is 0 Å². The standard InChI is InChI=1S/C43H53F3P2/c1-26-16-27(2)19-35(18-26)48(36-20-28(3)17-34(25-36)43(44,45)46)40-11-6-5-8-39(40)38-10-7-9-37(38)29(4)47(41-23-30-12-14-32(41)21-30)42-24-31-13-15-33(42)22-31/h5-6,8,11,16-20,25,29-33,37-38,41-42H,7,9-10,12-15,21-24H2,1-4H3/t29-,30?,31?,32?,33?,37?,38?,41?,42?,47?,48?/m1/s1. The number of halogens is 3. The second-order valence-corrected chi connectivity index (χ2v) is 21.9. The molecule has 0 spiro atoms. The van der Waals surface area contributed by atoms with E-state index in [1.54, 1.807) is 0 Å². The lowest BCUT2D eigenvalue weighted by molar-refractivity contribution is -0.137. The maximum absolute atomic E-state index is 14.3. The van der Waals surface area contributed by atoms with Gasteiger partial charge in [0.05, 0.1) is 5.56 Å². The van der Waals surface area contributed by atoms with Crippen LogP contribution in [-0.2, 0) is 6.18 Å². The Labute approximate surface area is 289 Å². The highest BCUT2D eigenvalue weighted by molar-refractivity contribution is 7.80. The SMILES string of the molecule is Cc1cc(C)cc(P(c2cc(C)cc(C(F)(F)F)c2)c2ccccc2C2CCCC2[C@@H](C)P(C2CC3CCC2C3)C2CC3CCC2C3)c1. The summed E-state index contributed by atoms with van der Waals surface area (Å²) in [5.41, 5.74) is 6.66. The van der Waals surface area contributed by atoms with Gasteiger partial charge in [-0.1, -0.05) is 93.8 Å². The van der Waals surface area contributed by atoms with E-state index in [2.05, 4.69) is 63.2 Å². The van der Waals surface area contributed by atoms with Crippen LogP contribution < -0.4 is 15.9 Å². The van der Waals surface area contributed by atoms with Crippen LogP contribution in [0.15, 0.2) is 60.7 Å². The second-order valence-electron chi connectivity index (χ2n) is 16.7. The zero-order valence-electron chi connectivity index (χ0n) is 29.3. The predicted molar refractivity (Wildman–Crippen MR) is 199 cm³/mol. The fourth-order valence-electron chi connectivity index (χ4n) is 11.7. The van der Waals surface area contributed by atoms with E-state index in [1.807, 2.05) is 13.0 Å². The summed E-state index contributed by atoms with van der Waals surface area (Å²) in [5.74, 6) is 5.12. The Hall–Kier alpha value is -1.69. The van der Waals surface area contributed by atoms with Crippen LogP contribution in [0.25, 0.3) is 0 Å². The molecule has 5 aliphatic rings. The number of benzene rings is 3. The Morgan fingerprint density at radius 2 is 1.25 bits per heavy atom. The second kappa shape index (κ2) is 13.1. The lowest BCUT2D eigenvalue weighted by atomic mass is 9.87. The van der Waals surface area contributed by atoms with Crippen LogP contribution in [0.3, 0.4) is 0 Å². The van der Waals surface area contributed by atoms with Crippen molar-refractivity contribution in [3.63, 3.8) is 0 Å². The molecule has 0 aromatic heterocycles. The van der Waals surface area contributed by atoms with Gasteiger partial charge in [-0.25, -0.2) is 0 Å². The maximum Gasteiger partial charge on any atom is 0.416 e. The summed E-state index contributed by atoms with van der Waals surface area (Å²) < 4.78 is 42.8. The Morgan fingerprint density at radius 1 is 0.667 bits per heavy atom. The Bertz CT molecular complexity index is 1600. The number of hydrogen-bond acceptors (Lipinski definition) is 0. The fourth-order valence-corrected chi connectivity index (χ4v) is 19.7. The first-order valence-corrected chi connectivity index (χ1v) is 21.9. The number of alkyl halides is 3. The molecule has 0 nitrogen and oxygen atoms in total. The quantitative estimate of drug-likeness (QED) is 0.207. The summed E-state index contributed by atoms with van der Waals surface area (Å²) in [6.45, 7) is 8.76. The molecule has 0 amide bonds. The lowest BCUT2D eigenvalue weighted by Crippen LogP contribution is -2.34. The van der Waals surface area contributed by atoms with Crippen molar-refractivity contribution in [1.82, 2.24) is 0 Å². The van der Waals surface area contributed by atoms with Gasteiger partial charge in [-0.05, 0) is 172 Å². The molecular weight excluding hydrogens is 635 g/mol. The molecule has 0 saturated heterocycles. The van der Waals surface area contributed by atoms with Gasteiger partial charge in [0.15, 0.2) is 0 Å². The molecule has 9 unspecified atom stereocenters. The molecule has 5 fully saturated rings. The third-order valence-corrected chi connectivity index (χ3v) is 20.1. The van der Waals surface area contributed by atoms with Gasteiger partial charge in [-0.2, -0.15) is 13.2 Å². The number of fused-ring (bicyclic) bond motifs is 4. The van der Waals surface area contributed by atoms with E-state index in [0.717, 1.165) is 46.0 Å². The molecule has 0 N–H and O–H groups in total. The summed E-state index contributed by atoms with van der Waals surface area (Å²) in [4.78, 5) is 0. The average molecular weight is 689 g/mol. The average Bonchev–Trinajstić information content (AvgIpc) is 3.88. The molecule has 3 aromatic rings. The molecule has 5 saturated carbocycles. The third kappa shape index (κ3) is 6.25. The summed E-state index contributed by atoms with van der Waals surface area (Å²) in [6.07, 6.45) is 11.4. The molecule has 3 aromatic carbocycles. The van der Waals surface area contributed by atoms with E-state index in [9.17, 15) is 13.2 Å². The zero-order chi connectivity index (χ0) is 33.3. The number of rotatable bonds is 8. The van der Waals surface area contributed by atoms with Gasteiger partial charge in [-0.15, -0.1) is 0 Å². The lowest BCUT2D eigenvalue weighted by Gasteiger charge is -2.45. The largest absolute Gasteiger partial charge is 0.416 e. The smallest absolute Gasteiger partial charge is 0.166 e. The minimum absolute atomic E-state index is 0.0443. The predicted octanol–water partition coefficient (Wildman–Crippen LogP) is 11.5. The van der Waals surface area contributed by atoms with Crippen LogP contribution in [-0.4, -0.2) is 17.0 Å². The summed E-state index contributed by atoms with van der Waals surface area (Å²) in [7, 11) is -1.21. The molecule has 0 radical (unpaired) electrons. The first-order valence-electron chi connectivity index (χ1n) is 19.0. The molecule has 5 aliphatic carbocycles. The highest BCUT2D eigenvalue weighted by atomic mass is 31.1. The molecular formula is C43H53F3P2. The monoisotopic (exact) mass is 688 g/mol. The Kier molecular flexibility index (Phi) is 9.15. The van der Waals surface area contributed by atoms with Gasteiger partial charge < -0.3 is 0 Å². The topological polar surface area (TPSA) is 0 Å². The summed E-state index contributed by atoms with van der Waals surface area (Å²) in [5, 5.41) is 3.27. The Morgan fingerprint density at radius 3 is 1.81 bits per heavy atom.